The minimum atomic E-state index is -1.04. The molecule has 108 valence electrons. The molecule has 4 atom stereocenters. The fraction of sp³-hybridized carbons (Fsp3) is 0.400. The summed E-state index contributed by atoms with van der Waals surface area (Å²) in [5.41, 5.74) is 0.560. The Morgan fingerprint density at radius 3 is 2.05 bits per heavy atom. The van der Waals surface area contributed by atoms with Gasteiger partial charge in [-0.25, -0.2) is 9.69 Å². The van der Waals surface area contributed by atoms with E-state index < -0.39 is 5.97 Å². The van der Waals surface area contributed by atoms with Gasteiger partial charge in [0.05, 0.1) is 35.3 Å². The summed E-state index contributed by atoms with van der Waals surface area (Å²) >= 11 is 0. The third-order valence-electron chi connectivity index (χ3n) is 4.66. The molecule has 3 aliphatic heterocycles. The minimum absolute atomic E-state index is 0.126. The van der Waals surface area contributed by atoms with Gasteiger partial charge in [-0.3, -0.25) is 9.59 Å². The van der Waals surface area contributed by atoms with Crippen molar-refractivity contribution in [3.63, 3.8) is 0 Å². The highest BCUT2D eigenvalue weighted by Gasteiger charge is 2.62. The third kappa shape index (κ3) is 1.59. The van der Waals surface area contributed by atoms with E-state index in [0.29, 0.717) is 5.69 Å². The Balaban J connectivity index is 1.68. The van der Waals surface area contributed by atoms with Gasteiger partial charge in [0.1, 0.15) is 0 Å². The van der Waals surface area contributed by atoms with E-state index >= 15 is 0 Å². The fourth-order valence-corrected chi connectivity index (χ4v) is 3.72. The molecule has 1 aromatic rings. The van der Waals surface area contributed by atoms with Gasteiger partial charge in [-0.2, -0.15) is 0 Å². The highest BCUT2D eigenvalue weighted by Crippen LogP contribution is 2.49. The lowest BCUT2D eigenvalue weighted by Gasteiger charge is -2.17. The summed E-state index contributed by atoms with van der Waals surface area (Å²) in [5.74, 6) is -2.21. The van der Waals surface area contributed by atoms with E-state index in [1.54, 1.807) is 0 Å². The van der Waals surface area contributed by atoms with Crippen LogP contribution >= 0.6 is 0 Å². The molecule has 3 aliphatic rings. The molecule has 6 nitrogen and oxygen atoms in total. The first kappa shape index (κ1) is 12.5. The molecule has 0 aliphatic carbocycles. The topological polar surface area (TPSA) is 83.9 Å². The molecular formula is C15H13NO5. The SMILES string of the molecule is O=C(O)c1ccc(N2C(=O)[C@H]3[C@H](C2=O)[C@H]2CC[C@H]3O2)cc1. The lowest BCUT2D eigenvalue weighted by atomic mass is 9.81. The van der Waals surface area contributed by atoms with E-state index in [0.717, 1.165) is 12.8 Å². The van der Waals surface area contributed by atoms with Crippen LogP contribution in [-0.4, -0.2) is 35.1 Å². The van der Waals surface area contributed by atoms with E-state index in [-0.39, 0.29) is 41.4 Å². The number of carboxylic acids is 1. The van der Waals surface area contributed by atoms with Gasteiger partial charge in [0.25, 0.3) is 0 Å². The maximum absolute atomic E-state index is 12.5. The Morgan fingerprint density at radius 1 is 1.05 bits per heavy atom. The monoisotopic (exact) mass is 287 g/mol. The Kier molecular flexibility index (Phi) is 2.47. The first-order valence-electron chi connectivity index (χ1n) is 6.94. The van der Waals surface area contributed by atoms with Crippen LogP contribution in [0.2, 0.25) is 0 Å². The summed E-state index contributed by atoms with van der Waals surface area (Å²) in [6.07, 6.45) is 1.38. The van der Waals surface area contributed by atoms with Gasteiger partial charge in [0, 0.05) is 0 Å². The number of amides is 2. The van der Waals surface area contributed by atoms with Gasteiger partial charge in [0.2, 0.25) is 11.8 Å². The summed E-state index contributed by atoms with van der Waals surface area (Å²) in [6.45, 7) is 0. The molecule has 1 N–H and O–H groups in total. The lowest BCUT2D eigenvalue weighted by Crippen LogP contribution is -2.34. The standard InChI is InChI=1S/C15H13NO5/c17-13-11-9-5-6-10(21-9)12(11)14(18)16(13)8-3-1-7(2-4-8)15(19)20/h1-4,9-12H,5-6H2,(H,19,20)/t9-,10-,11-,12-/m1/s1. The molecule has 3 saturated heterocycles. The van der Waals surface area contributed by atoms with Crippen molar-refractivity contribution in [1.82, 2.24) is 0 Å². The number of hydrogen-bond acceptors (Lipinski definition) is 4. The second-order valence-electron chi connectivity index (χ2n) is 5.71. The molecule has 4 rings (SSSR count). The van der Waals surface area contributed by atoms with Gasteiger partial charge >= 0.3 is 5.97 Å². The van der Waals surface area contributed by atoms with Gasteiger partial charge in [-0.05, 0) is 37.1 Å². The zero-order valence-corrected chi connectivity index (χ0v) is 11.1. The molecule has 1 aromatic carbocycles. The van der Waals surface area contributed by atoms with Gasteiger partial charge in [-0.15, -0.1) is 0 Å². The van der Waals surface area contributed by atoms with Crippen LogP contribution in [0.4, 0.5) is 5.69 Å². The molecule has 0 aromatic heterocycles. The normalized spacial score (nSPS) is 33.6. The molecule has 0 radical (unpaired) electrons. The Bertz CT molecular complexity index is 625. The number of benzene rings is 1. The van der Waals surface area contributed by atoms with E-state index in [9.17, 15) is 14.4 Å². The molecule has 0 unspecified atom stereocenters. The van der Waals surface area contributed by atoms with Crippen LogP contribution in [0.1, 0.15) is 23.2 Å². The van der Waals surface area contributed by atoms with Gasteiger partial charge < -0.3 is 9.84 Å². The second kappa shape index (κ2) is 4.14. The number of fused-ring (bicyclic) bond motifs is 5. The number of anilines is 1. The van der Waals surface area contributed by atoms with E-state index in [2.05, 4.69) is 0 Å². The number of nitrogens with zero attached hydrogens (tertiary/aromatic N) is 1. The first-order valence-corrected chi connectivity index (χ1v) is 6.94. The van der Waals surface area contributed by atoms with Gasteiger partial charge in [0.15, 0.2) is 0 Å². The summed E-state index contributed by atoms with van der Waals surface area (Å²) < 4.78 is 5.67. The zero-order chi connectivity index (χ0) is 14.7. The van der Waals surface area contributed by atoms with Crippen molar-refractivity contribution in [3.8, 4) is 0 Å². The molecule has 21 heavy (non-hydrogen) atoms. The maximum Gasteiger partial charge on any atom is 0.335 e. The van der Waals surface area contributed by atoms with Crippen molar-refractivity contribution >= 4 is 23.5 Å². The molecule has 0 spiro atoms. The molecule has 3 heterocycles. The van der Waals surface area contributed by atoms with Crippen molar-refractivity contribution in [1.29, 1.82) is 0 Å². The average Bonchev–Trinajstić information content (AvgIpc) is 3.13. The summed E-state index contributed by atoms with van der Waals surface area (Å²) in [7, 11) is 0. The van der Waals surface area contributed by atoms with E-state index in [4.69, 9.17) is 9.84 Å². The molecule has 0 saturated carbocycles. The second-order valence-corrected chi connectivity index (χ2v) is 5.71. The molecule has 3 fully saturated rings. The third-order valence-corrected chi connectivity index (χ3v) is 4.66. The van der Waals surface area contributed by atoms with Gasteiger partial charge in [-0.1, -0.05) is 0 Å². The Labute approximate surface area is 120 Å². The number of carboxylic acid groups (broad SMARTS) is 1. The number of carbonyl (C=O) groups is 3. The van der Waals surface area contributed by atoms with Crippen molar-refractivity contribution in [2.75, 3.05) is 4.90 Å². The van der Waals surface area contributed by atoms with Crippen LogP contribution in [0.25, 0.3) is 0 Å². The predicted molar refractivity (Wildman–Crippen MR) is 70.8 cm³/mol. The highest BCUT2D eigenvalue weighted by molar-refractivity contribution is 6.22. The van der Waals surface area contributed by atoms with Crippen molar-refractivity contribution in [2.45, 2.75) is 25.0 Å². The van der Waals surface area contributed by atoms with Crippen LogP contribution in [-0.2, 0) is 14.3 Å². The fourth-order valence-electron chi connectivity index (χ4n) is 3.72. The first-order chi connectivity index (χ1) is 10.1. The molecular weight excluding hydrogens is 274 g/mol. The summed E-state index contributed by atoms with van der Waals surface area (Å²) in [4.78, 5) is 37.1. The number of aromatic carboxylic acids is 1. The summed E-state index contributed by atoms with van der Waals surface area (Å²) in [5, 5.41) is 8.89. The highest BCUT2D eigenvalue weighted by atomic mass is 16.5. The van der Waals surface area contributed by atoms with Crippen LogP contribution in [0.5, 0.6) is 0 Å². The summed E-state index contributed by atoms with van der Waals surface area (Å²) in [6, 6.07) is 5.81. The van der Waals surface area contributed by atoms with Crippen molar-refractivity contribution in [2.24, 2.45) is 11.8 Å². The van der Waals surface area contributed by atoms with Crippen molar-refractivity contribution in [3.05, 3.63) is 29.8 Å². The zero-order valence-electron chi connectivity index (χ0n) is 11.1. The number of carbonyl (C=O) groups excluding carboxylic acids is 2. The number of imide groups is 1. The predicted octanol–water partition coefficient (Wildman–Crippen LogP) is 1.05. The van der Waals surface area contributed by atoms with E-state index in [1.807, 2.05) is 0 Å². The number of hydrogen-bond donors (Lipinski definition) is 1. The quantitative estimate of drug-likeness (QED) is 0.822. The van der Waals surface area contributed by atoms with Crippen LogP contribution < -0.4 is 4.90 Å². The smallest absolute Gasteiger partial charge is 0.335 e. The average molecular weight is 287 g/mol. The Hall–Kier alpha value is -2.21. The molecule has 2 amide bonds. The Morgan fingerprint density at radius 2 is 1.57 bits per heavy atom. The molecule has 2 bridgehead atoms. The minimum Gasteiger partial charge on any atom is -0.478 e. The van der Waals surface area contributed by atoms with E-state index in [1.165, 1.54) is 29.2 Å². The lowest BCUT2D eigenvalue weighted by molar-refractivity contribution is -0.124. The van der Waals surface area contributed by atoms with Crippen molar-refractivity contribution < 1.29 is 24.2 Å². The molecule has 6 heteroatoms. The van der Waals surface area contributed by atoms with Crippen LogP contribution in [0, 0.1) is 11.8 Å². The number of ether oxygens (including phenoxy) is 1. The largest absolute Gasteiger partial charge is 0.478 e. The maximum atomic E-state index is 12.5. The van der Waals surface area contributed by atoms with Crippen LogP contribution in [0.3, 0.4) is 0 Å². The number of rotatable bonds is 2. The van der Waals surface area contributed by atoms with Crippen LogP contribution in [0.15, 0.2) is 24.3 Å².